The van der Waals surface area contributed by atoms with Crippen LogP contribution in [0.2, 0.25) is 0 Å². The fourth-order valence-corrected chi connectivity index (χ4v) is 4.00. The normalized spacial score (nSPS) is 26.3. The molecule has 0 saturated heterocycles. The zero-order valence-electron chi connectivity index (χ0n) is 14.2. The number of benzene rings is 1. The molecule has 1 fully saturated rings. The molecular weight excluding hydrogens is 304 g/mol. The summed E-state index contributed by atoms with van der Waals surface area (Å²) in [4.78, 5) is 14.9. The van der Waals surface area contributed by atoms with Crippen molar-refractivity contribution in [2.45, 2.75) is 57.4 Å². The number of ether oxygens (including phenoxy) is 2. The summed E-state index contributed by atoms with van der Waals surface area (Å²) in [6.07, 6.45) is 5.33. The molecule has 0 spiro atoms. The maximum atomic E-state index is 12.8. The number of hydrogen-bond acceptors (Lipinski definition) is 5. The number of nitrogens with zero attached hydrogens (tertiary/aromatic N) is 1. The minimum Gasteiger partial charge on any atom is -0.472 e. The first-order valence-electron chi connectivity index (χ1n) is 8.82. The largest absolute Gasteiger partial charge is 0.472 e. The molecule has 24 heavy (non-hydrogen) atoms. The Morgan fingerprint density at radius 1 is 1.25 bits per heavy atom. The average Bonchev–Trinajstić information content (AvgIpc) is 2.92. The molecule has 1 aromatic rings. The highest BCUT2D eigenvalue weighted by atomic mass is 16.6. The number of anilines is 2. The van der Waals surface area contributed by atoms with Crippen molar-refractivity contribution in [2.75, 3.05) is 17.3 Å². The van der Waals surface area contributed by atoms with Gasteiger partial charge in [0.2, 0.25) is 0 Å². The first-order valence-corrected chi connectivity index (χ1v) is 8.82. The van der Waals surface area contributed by atoms with Crippen molar-refractivity contribution in [3.8, 4) is 0 Å². The third-order valence-corrected chi connectivity index (χ3v) is 5.30. The number of hydrogen-bond donors (Lipinski definition) is 1. The Kier molecular flexibility index (Phi) is 3.87. The summed E-state index contributed by atoms with van der Waals surface area (Å²) in [6.45, 7) is 1.86. The molecule has 3 aliphatic rings. The molecule has 0 bridgehead atoms. The fourth-order valence-electron chi connectivity index (χ4n) is 4.00. The molecular formula is C19H24N2O3. The molecule has 2 atom stereocenters. The van der Waals surface area contributed by atoms with Crippen LogP contribution in [0.15, 0.2) is 35.6 Å². The molecule has 0 amide bonds. The number of allylic oxidation sites excluding steroid dienone is 1. The summed E-state index contributed by atoms with van der Waals surface area (Å²) in [6, 6.07) is 7.88. The Labute approximate surface area is 142 Å². The average molecular weight is 328 g/mol. The smallest absolute Gasteiger partial charge is 0.340 e. The van der Waals surface area contributed by atoms with Crippen molar-refractivity contribution >= 4 is 17.3 Å². The van der Waals surface area contributed by atoms with Crippen LogP contribution in [0.5, 0.6) is 0 Å². The molecule has 128 valence electrons. The topological polar surface area (TPSA) is 50.8 Å². The summed E-state index contributed by atoms with van der Waals surface area (Å²) in [5.74, 6) is 0.435. The van der Waals surface area contributed by atoms with Gasteiger partial charge in [-0.3, -0.25) is 0 Å². The molecule has 1 saturated carbocycles. The second-order valence-corrected chi connectivity index (χ2v) is 6.89. The molecule has 1 aromatic carbocycles. The highest BCUT2D eigenvalue weighted by molar-refractivity contribution is 5.93. The van der Waals surface area contributed by atoms with E-state index in [0.717, 1.165) is 37.1 Å². The minimum absolute atomic E-state index is 0.0548. The van der Waals surface area contributed by atoms with E-state index in [1.165, 1.54) is 6.42 Å². The van der Waals surface area contributed by atoms with Crippen molar-refractivity contribution in [1.29, 1.82) is 0 Å². The molecule has 2 aliphatic heterocycles. The van der Waals surface area contributed by atoms with Crippen molar-refractivity contribution in [3.05, 3.63) is 35.6 Å². The first-order chi connectivity index (χ1) is 11.6. The predicted molar refractivity (Wildman–Crippen MR) is 92.8 cm³/mol. The Hall–Kier alpha value is -2.17. The van der Waals surface area contributed by atoms with Crippen LogP contribution in [0.3, 0.4) is 0 Å². The van der Waals surface area contributed by atoms with Crippen LogP contribution in [0.25, 0.3) is 0 Å². The van der Waals surface area contributed by atoms with E-state index in [1.54, 1.807) is 0 Å². The lowest BCUT2D eigenvalue weighted by Gasteiger charge is -2.38. The third-order valence-electron chi connectivity index (χ3n) is 5.30. The summed E-state index contributed by atoms with van der Waals surface area (Å²) < 4.78 is 11.8. The lowest BCUT2D eigenvalue weighted by Crippen LogP contribution is -2.49. The number of para-hydroxylation sites is 2. The number of carbonyl (C=O) groups is 1. The molecule has 1 N–H and O–H groups in total. The van der Waals surface area contributed by atoms with Crippen molar-refractivity contribution < 1.29 is 14.3 Å². The Morgan fingerprint density at radius 3 is 2.79 bits per heavy atom. The Balaban J connectivity index is 1.56. The van der Waals surface area contributed by atoms with E-state index in [2.05, 4.69) is 16.3 Å². The van der Waals surface area contributed by atoms with Gasteiger partial charge in [-0.2, -0.15) is 0 Å². The molecule has 0 aromatic heterocycles. The van der Waals surface area contributed by atoms with E-state index < -0.39 is 0 Å². The van der Waals surface area contributed by atoms with Crippen molar-refractivity contribution in [3.63, 3.8) is 0 Å². The minimum atomic E-state index is -0.229. The number of likely N-dealkylation sites (N-methyl/N-ethyl adjacent to an activating group) is 1. The van der Waals surface area contributed by atoms with Gasteiger partial charge in [-0.05, 0) is 44.7 Å². The van der Waals surface area contributed by atoms with Gasteiger partial charge in [0.15, 0.2) is 6.23 Å². The third kappa shape index (κ3) is 2.52. The van der Waals surface area contributed by atoms with Gasteiger partial charge in [0, 0.05) is 7.05 Å². The quantitative estimate of drug-likeness (QED) is 0.843. The van der Waals surface area contributed by atoms with Crippen molar-refractivity contribution in [2.24, 2.45) is 0 Å². The zero-order valence-corrected chi connectivity index (χ0v) is 14.2. The number of esters is 1. The number of carbonyl (C=O) groups excluding carboxylic acids is 1. The van der Waals surface area contributed by atoms with Crippen LogP contribution in [-0.2, 0) is 14.3 Å². The standard InChI is InChI=1S/C19H24N2O3/c1-12-16(19(22)24-13-8-4-3-5-9-13)17-18(23-12)21(2)15-11-7-6-10-14(15)20-17/h6-7,10-11,13,17-18,20H,3-5,8-9H2,1-2H3/t17-,18-/m1/s1. The van der Waals surface area contributed by atoms with Gasteiger partial charge in [0.05, 0.1) is 11.4 Å². The molecule has 5 nitrogen and oxygen atoms in total. The predicted octanol–water partition coefficient (Wildman–Crippen LogP) is 3.42. The van der Waals surface area contributed by atoms with Gasteiger partial charge in [0.1, 0.15) is 23.5 Å². The Morgan fingerprint density at radius 2 is 2.00 bits per heavy atom. The second-order valence-electron chi connectivity index (χ2n) is 6.89. The highest BCUT2D eigenvalue weighted by Crippen LogP contribution is 2.40. The van der Waals surface area contributed by atoms with Gasteiger partial charge in [-0.1, -0.05) is 18.6 Å². The van der Waals surface area contributed by atoms with Crippen LogP contribution in [-0.4, -0.2) is 31.4 Å². The fraction of sp³-hybridized carbons (Fsp3) is 0.526. The lowest BCUT2D eigenvalue weighted by atomic mass is 9.97. The Bertz CT molecular complexity index is 679. The van der Waals surface area contributed by atoms with Crippen LogP contribution >= 0.6 is 0 Å². The highest BCUT2D eigenvalue weighted by Gasteiger charge is 2.45. The number of nitrogens with one attached hydrogen (secondary N) is 1. The van der Waals surface area contributed by atoms with Crippen LogP contribution in [0.4, 0.5) is 11.4 Å². The first kappa shape index (κ1) is 15.4. The molecule has 5 heteroatoms. The van der Waals surface area contributed by atoms with E-state index >= 15 is 0 Å². The maximum Gasteiger partial charge on any atom is 0.340 e. The van der Waals surface area contributed by atoms with Crippen LogP contribution in [0.1, 0.15) is 39.0 Å². The van der Waals surface area contributed by atoms with Gasteiger partial charge in [0.25, 0.3) is 0 Å². The van der Waals surface area contributed by atoms with Crippen molar-refractivity contribution in [1.82, 2.24) is 0 Å². The SMILES string of the molecule is CC1=C(C(=O)OC2CCCCC2)[C@H]2Nc3ccccc3N(C)[C@@H]2O1. The van der Waals surface area contributed by atoms with Gasteiger partial charge in [-0.15, -0.1) is 0 Å². The summed E-state index contributed by atoms with van der Waals surface area (Å²) >= 11 is 0. The van der Waals surface area contributed by atoms with Gasteiger partial charge < -0.3 is 19.7 Å². The number of rotatable bonds is 2. The molecule has 0 radical (unpaired) electrons. The van der Waals surface area contributed by atoms with E-state index in [0.29, 0.717) is 11.3 Å². The molecule has 4 rings (SSSR count). The molecule has 0 unspecified atom stereocenters. The van der Waals surface area contributed by atoms with E-state index in [-0.39, 0.29) is 24.3 Å². The van der Waals surface area contributed by atoms with E-state index in [1.807, 2.05) is 32.2 Å². The van der Waals surface area contributed by atoms with Gasteiger partial charge in [-0.25, -0.2) is 4.79 Å². The molecule has 1 aliphatic carbocycles. The van der Waals surface area contributed by atoms with Gasteiger partial charge >= 0.3 is 5.97 Å². The van der Waals surface area contributed by atoms with Crippen LogP contribution < -0.4 is 10.2 Å². The lowest BCUT2D eigenvalue weighted by molar-refractivity contribution is -0.145. The van der Waals surface area contributed by atoms with E-state index in [4.69, 9.17) is 9.47 Å². The van der Waals surface area contributed by atoms with Crippen LogP contribution in [0, 0.1) is 0 Å². The van der Waals surface area contributed by atoms with E-state index in [9.17, 15) is 4.79 Å². The maximum absolute atomic E-state index is 12.8. The monoisotopic (exact) mass is 328 g/mol. The summed E-state index contributed by atoms with van der Waals surface area (Å²) in [5, 5.41) is 3.46. The number of fused-ring (bicyclic) bond motifs is 2. The zero-order chi connectivity index (χ0) is 16.7. The summed E-state index contributed by atoms with van der Waals surface area (Å²) in [7, 11) is 2.00. The molecule has 2 heterocycles. The summed E-state index contributed by atoms with van der Waals surface area (Å²) in [5.41, 5.74) is 2.72. The second kappa shape index (κ2) is 6.04.